The molecule has 8 nitrogen and oxygen atoms in total. The number of nitrogens with one attached hydrogen (secondary N) is 3. The number of carbonyl (C=O) groups is 2. The fraction of sp³-hybridized carbons (Fsp3) is 0.286. The summed E-state index contributed by atoms with van der Waals surface area (Å²) in [7, 11) is 0. The Hall–Kier alpha value is -2.59. The van der Waals surface area contributed by atoms with Crippen LogP contribution >= 0.6 is 31.9 Å². The highest BCUT2D eigenvalue weighted by Crippen LogP contribution is 2.46. The number of amides is 1. The zero-order valence-corrected chi connectivity index (χ0v) is 19.6. The van der Waals surface area contributed by atoms with E-state index in [-0.39, 0.29) is 24.9 Å². The van der Waals surface area contributed by atoms with Gasteiger partial charge in [0.2, 0.25) is 0 Å². The minimum Gasteiger partial charge on any atom is -0.480 e. The molecule has 0 unspecified atom stereocenters. The number of fused-ring (bicyclic) bond motifs is 3. The van der Waals surface area contributed by atoms with Gasteiger partial charge in [0.05, 0.1) is 0 Å². The maximum Gasteiger partial charge on any atom is 0.407 e. The molecule has 31 heavy (non-hydrogen) atoms. The largest absolute Gasteiger partial charge is 0.480 e. The molecule has 2 aromatic rings. The van der Waals surface area contributed by atoms with Crippen LogP contribution in [0.1, 0.15) is 29.9 Å². The van der Waals surface area contributed by atoms with Crippen molar-refractivity contribution in [3.8, 4) is 11.1 Å². The number of ether oxygens (including phenoxy) is 1. The van der Waals surface area contributed by atoms with Gasteiger partial charge in [-0.1, -0.05) is 44.0 Å². The van der Waals surface area contributed by atoms with Crippen LogP contribution in [0.2, 0.25) is 0 Å². The Balaban J connectivity index is 1.65. The Morgan fingerprint density at radius 2 is 1.71 bits per heavy atom. The minimum atomic E-state index is -1.15. The first-order chi connectivity index (χ1) is 14.8. The highest BCUT2D eigenvalue weighted by molar-refractivity contribution is 9.10. The van der Waals surface area contributed by atoms with Crippen molar-refractivity contribution in [2.75, 3.05) is 13.2 Å². The normalized spacial score (nSPS) is 13.1. The number of rotatable bonds is 8. The summed E-state index contributed by atoms with van der Waals surface area (Å²) in [5, 5.41) is 21.5. The number of nitrogens with two attached hydrogens (primary N) is 1. The lowest BCUT2D eigenvalue weighted by molar-refractivity contribution is -0.139. The summed E-state index contributed by atoms with van der Waals surface area (Å²) in [6, 6.07) is 10.9. The zero-order valence-electron chi connectivity index (χ0n) is 16.5. The van der Waals surface area contributed by atoms with Gasteiger partial charge in [-0.2, -0.15) is 0 Å². The van der Waals surface area contributed by atoms with Crippen molar-refractivity contribution in [1.29, 1.82) is 5.41 Å². The topological polar surface area (TPSA) is 138 Å². The molecule has 2 aromatic carbocycles. The van der Waals surface area contributed by atoms with Crippen molar-refractivity contribution >= 4 is 49.9 Å². The van der Waals surface area contributed by atoms with Gasteiger partial charge in [0, 0.05) is 21.4 Å². The van der Waals surface area contributed by atoms with Crippen molar-refractivity contribution in [2.45, 2.75) is 24.8 Å². The van der Waals surface area contributed by atoms with Gasteiger partial charge in [-0.3, -0.25) is 5.41 Å². The van der Waals surface area contributed by atoms with E-state index in [0.29, 0.717) is 13.0 Å². The molecule has 1 amide bonds. The smallest absolute Gasteiger partial charge is 0.407 e. The summed E-state index contributed by atoms with van der Waals surface area (Å²) in [4.78, 5) is 23.8. The number of benzene rings is 2. The Bertz CT molecular complexity index is 963. The highest BCUT2D eigenvalue weighted by atomic mass is 79.9. The number of carboxylic acids is 1. The predicted octanol–water partition coefficient (Wildman–Crippen LogP) is 3.77. The van der Waals surface area contributed by atoms with Crippen LogP contribution in [-0.2, 0) is 9.53 Å². The van der Waals surface area contributed by atoms with Crippen molar-refractivity contribution < 1.29 is 19.4 Å². The zero-order chi connectivity index (χ0) is 22.5. The molecule has 3 rings (SSSR count). The predicted molar refractivity (Wildman–Crippen MR) is 124 cm³/mol. The van der Waals surface area contributed by atoms with Crippen LogP contribution in [0.3, 0.4) is 0 Å². The standard InChI is InChI=1S/C21H22Br2N4O4/c22-11-3-5-13-14-6-4-12(23)9-16(14)17(15(13)8-11)10-31-21(30)27-18(19(28)29)2-1-7-26-20(24)25/h3-6,8-9,17-18H,1-2,7,10H2,(H,27,30)(H,28,29)(H4,24,25,26)/t18-/m0/s1. The summed E-state index contributed by atoms with van der Waals surface area (Å²) >= 11 is 7.00. The molecule has 0 saturated heterocycles. The minimum absolute atomic E-state index is 0.0803. The van der Waals surface area contributed by atoms with Crippen LogP contribution in [0.15, 0.2) is 45.3 Å². The number of alkyl carbamates (subject to hydrolysis) is 1. The Kier molecular flexibility index (Phi) is 7.55. The number of carboxylic acid groups (broad SMARTS) is 1. The monoisotopic (exact) mass is 552 g/mol. The summed E-state index contributed by atoms with van der Waals surface area (Å²) in [6.07, 6.45) is -0.186. The van der Waals surface area contributed by atoms with Crippen LogP contribution < -0.4 is 16.4 Å². The quantitative estimate of drug-likeness (QED) is 0.192. The average molecular weight is 554 g/mol. The first-order valence-corrected chi connectivity index (χ1v) is 11.2. The molecule has 1 aliphatic carbocycles. The van der Waals surface area contributed by atoms with E-state index < -0.39 is 18.1 Å². The SMILES string of the molecule is N=C(N)NCCC[C@H](NC(=O)OCC1c2cc(Br)ccc2-c2ccc(Br)cc21)C(=O)O. The molecule has 0 bridgehead atoms. The molecular formula is C21H22Br2N4O4. The summed E-state index contributed by atoms with van der Waals surface area (Å²) in [5.41, 5.74) is 9.45. The van der Waals surface area contributed by atoms with Gasteiger partial charge in [0.1, 0.15) is 12.6 Å². The van der Waals surface area contributed by atoms with Crippen LogP contribution in [0.4, 0.5) is 4.79 Å². The Morgan fingerprint density at radius 1 is 1.13 bits per heavy atom. The van der Waals surface area contributed by atoms with Gasteiger partial charge < -0.3 is 26.2 Å². The molecule has 164 valence electrons. The fourth-order valence-electron chi connectivity index (χ4n) is 3.61. The number of halogens is 2. The summed E-state index contributed by atoms with van der Waals surface area (Å²) in [5.74, 6) is -1.49. The number of hydrogen-bond acceptors (Lipinski definition) is 4. The van der Waals surface area contributed by atoms with E-state index >= 15 is 0 Å². The van der Waals surface area contributed by atoms with Gasteiger partial charge in [-0.15, -0.1) is 0 Å². The van der Waals surface area contributed by atoms with Crippen LogP contribution in [0, 0.1) is 5.41 Å². The molecule has 0 saturated carbocycles. The van der Waals surface area contributed by atoms with E-state index in [0.717, 1.165) is 31.2 Å². The number of aliphatic carboxylic acids is 1. The van der Waals surface area contributed by atoms with E-state index in [4.69, 9.17) is 15.9 Å². The first-order valence-electron chi connectivity index (χ1n) is 9.59. The second-order valence-corrected chi connectivity index (χ2v) is 8.96. The number of guanidine groups is 1. The molecule has 1 atom stereocenters. The van der Waals surface area contributed by atoms with E-state index in [1.807, 2.05) is 36.4 Å². The van der Waals surface area contributed by atoms with Crippen LogP contribution in [0.5, 0.6) is 0 Å². The lowest BCUT2D eigenvalue weighted by atomic mass is 9.98. The first kappa shape index (κ1) is 23.1. The summed E-state index contributed by atoms with van der Waals surface area (Å²) < 4.78 is 7.29. The van der Waals surface area contributed by atoms with E-state index in [9.17, 15) is 14.7 Å². The third-order valence-corrected chi connectivity index (χ3v) is 6.01. The molecule has 0 aliphatic heterocycles. The van der Waals surface area contributed by atoms with Gasteiger partial charge >= 0.3 is 12.1 Å². The second kappa shape index (κ2) is 10.1. The molecule has 0 aromatic heterocycles. The average Bonchev–Trinajstić information content (AvgIpc) is 3.00. The molecule has 0 fully saturated rings. The molecule has 0 heterocycles. The van der Waals surface area contributed by atoms with Gasteiger partial charge in [-0.05, 0) is 59.4 Å². The van der Waals surface area contributed by atoms with Crippen molar-refractivity contribution in [3.05, 3.63) is 56.5 Å². The van der Waals surface area contributed by atoms with Gasteiger partial charge in [0.25, 0.3) is 0 Å². The van der Waals surface area contributed by atoms with E-state index in [2.05, 4.69) is 42.5 Å². The third kappa shape index (κ3) is 5.76. The molecule has 0 radical (unpaired) electrons. The maximum atomic E-state index is 12.3. The lowest BCUT2D eigenvalue weighted by Gasteiger charge is -2.18. The van der Waals surface area contributed by atoms with Gasteiger partial charge in [-0.25, -0.2) is 9.59 Å². The van der Waals surface area contributed by atoms with Crippen LogP contribution in [0.25, 0.3) is 11.1 Å². The molecule has 0 spiro atoms. The molecular weight excluding hydrogens is 532 g/mol. The fourth-order valence-corrected chi connectivity index (χ4v) is 4.37. The van der Waals surface area contributed by atoms with E-state index in [1.54, 1.807) is 0 Å². The summed E-state index contributed by atoms with van der Waals surface area (Å²) in [6.45, 7) is 0.423. The molecule has 10 heteroatoms. The second-order valence-electron chi connectivity index (χ2n) is 7.13. The van der Waals surface area contributed by atoms with Crippen LogP contribution in [-0.4, -0.2) is 42.3 Å². The Labute approximate surface area is 196 Å². The lowest BCUT2D eigenvalue weighted by Crippen LogP contribution is -2.42. The number of hydrogen-bond donors (Lipinski definition) is 5. The highest BCUT2D eigenvalue weighted by Gasteiger charge is 2.30. The van der Waals surface area contributed by atoms with E-state index in [1.165, 1.54) is 0 Å². The molecule has 1 aliphatic rings. The number of carbonyl (C=O) groups excluding carboxylic acids is 1. The Morgan fingerprint density at radius 3 is 2.23 bits per heavy atom. The van der Waals surface area contributed by atoms with Gasteiger partial charge in [0.15, 0.2) is 5.96 Å². The van der Waals surface area contributed by atoms with Crippen molar-refractivity contribution in [3.63, 3.8) is 0 Å². The third-order valence-electron chi connectivity index (χ3n) is 5.02. The molecule has 6 N–H and O–H groups in total. The van der Waals surface area contributed by atoms with Crippen molar-refractivity contribution in [1.82, 2.24) is 10.6 Å². The van der Waals surface area contributed by atoms with Crippen molar-refractivity contribution in [2.24, 2.45) is 5.73 Å². The maximum absolute atomic E-state index is 12.3.